The predicted molar refractivity (Wildman–Crippen MR) is 100 cm³/mol. The number of nitrogens with zero attached hydrogens (tertiary/aromatic N) is 5. The normalized spacial score (nSPS) is 14.2. The average molecular weight is 353 g/mol. The van der Waals surface area contributed by atoms with Gasteiger partial charge in [-0.3, -0.25) is 9.59 Å². The Bertz CT molecular complexity index is 755. The van der Waals surface area contributed by atoms with Crippen molar-refractivity contribution in [2.45, 2.75) is 13.8 Å². The molecule has 0 spiro atoms. The highest BCUT2D eigenvalue weighted by molar-refractivity contribution is 6.04. The van der Waals surface area contributed by atoms with Crippen molar-refractivity contribution in [3.63, 3.8) is 0 Å². The van der Waals surface area contributed by atoms with E-state index in [9.17, 15) is 9.59 Å². The van der Waals surface area contributed by atoms with Gasteiger partial charge in [0.2, 0.25) is 5.91 Å². The predicted octanol–water partition coefficient (Wildman–Crippen LogP) is 1.81. The van der Waals surface area contributed by atoms with Crippen molar-refractivity contribution in [2.75, 3.05) is 42.5 Å². The minimum Gasteiger partial charge on any atom is -0.352 e. The second-order valence-corrected chi connectivity index (χ2v) is 6.15. The summed E-state index contributed by atoms with van der Waals surface area (Å²) in [5, 5.41) is 8.37. The quantitative estimate of drug-likeness (QED) is 0.838. The smallest absolute Gasteiger partial charge is 0.278 e. The van der Waals surface area contributed by atoms with E-state index in [1.165, 1.54) is 0 Å². The van der Waals surface area contributed by atoms with Gasteiger partial charge in [0.25, 0.3) is 5.91 Å². The number of hydrogen-bond donors (Lipinski definition) is 0. The summed E-state index contributed by atoms with van der Waals surface area (Å²) in [6.45, 7) is 6.85. The zero-order valence-corrected chi connectivity index (χ0v) is 15.1. The van der Waals surface area contributed by atoms with Crippen LogP contribution < -0.4 is 9.80 Å². The van der Waals surface area contributed by atoms with E-state index < -0.39 is 0 Å². The highest BCUT2D eigenvalue weighted by atomic mass is 16.2. The van der Waals surface area contributed by atoms with E-state index in [0.717, 1.165) is 11.5 Å². The Hall–Kier alpha value is -2.96. The molecule has 1 aliphatic rings. The molecule has 26 heavy (non-hydrogen) atoms. The van der Waals surface area contributed by atoms with E-state index in [4.69, 9.17) is 0 Å². The maximum Gasteiger partial charge on any atom is 0.278 e. The first-order valence-corrected chi connectivity index (χ1v) is 8.81. The molecule has 1 aromatic heterocycles. The fourth-order valence-electron chi connectivity index (χ4n) is 3.05. The number of carbonyl (C=O) groups is 2. The molecule has 2 heterocycles. The Morgan fingerprint density at radius 2 is 1.69 bits per heavy atom. The molecule has 0 aliphatic carbocycles. The Morgan fingerprint density at radius 1 is 1.00 bits per heavy atom. The van der Waals surface area contributed by atoms with Gasteiger partial charge < -0.3 is 14.7 Å². The maximum absolute atomic E-state index is 12.7. The molecule has 1 aliphatic heterocycles. The summed E-state index contributed by atoms with van der Waals surface area (Å²) in [5.41, 5.74) is 1.16. The first-order valence-electron chi connectivity index (χ1n) is 8.81. The van der Waals surface area contributed by atoms with Gasteiger partial charge >= 0.3 is 0 Å². The van der Waals surface area contributed by atoms with Crippen molar-refractivity contribution in [3.8, 4) is 0 Å². The van der Waals surface area contributed by atoms with Crippen molar-refractivity contribution in [1.82, 2.24) is 15.1 Å². The van der Waals surface area contributed by atoms with Crippen LogP contribution in [0.4, 0.5) is 11.5 Å². The monoisotopic (exact) mass is 353 g/mol. The van der Waals surface area contributed by atoms with Crippen LogP contribution in [0.2, 0.25) is 0 Å². The highest BCUT2D eigenvalue weighted by Crippen LogP contribution is 2.17. The van der Waals surface area contributed by atoms with Crippen LogP contribution in [0.1, 0.15) is 24.3 Å². The van der Waals surface area contributed by atoms with E-state index in [0.29, 0.717) is 38.4 Å². The molecule has 2 amide bonds. The lowest BCUT2D eigenvalue weighted by molar-refractivity contribution is -0.129. The van der Waals surface area contributed by atoms with Gasteiger partial charge in [-0.15, -0.1) is 10.2 Å². The van der Waals surface area contributed by atoms with E-state index in [1.807, 2.05) is 48.2 Å². The highest BCUT2D eigenvalue weighted by Gasteiger charge is 2.21. The van der Waals surface area contributed by atoms with E-state index in [-0.39, 0.29) is 11.8 Å². The SMILES string of the molecule is CCN(C(=O)c1ccc(N2CCN(C(C)=O)CC2)nn1)c1ccccc1. The molecule has 1 aromatic carbocycles. The number of aromatic nitrogens is 2. The summed E-state index contributed by atoms with van der Waals surface area (Å²) in [6.07, 6.45) is 0. The van der Waals surface area contributed by atoms with Gasteiger partial charge in [0.1, 0.15) is 0 Å². The summed E-state index contributed by atoms with van der Waals surface area (Å²) >= 11 is 0. The molecular formula is C19H23N5O2. The Labute approximate surface area is 153 Å². The largest absolute Gasteiger partial charge is 0.352 e. The van der Waals surface area contributed by atoms with Crippen LogP contribution in [0.3, 0.4) is 0 Å². The lowest BCUT2D eigenvalue weighted by atomic mass is 10.2. The van der Waals surface area contributed by atoms with Crippen molar-refractivity contribution >= 4 is 23.3 Å². The lowest BCUT2D eigenvalue weighted by Gasteiger charge is -2.34. The molecule has 7 nitrogen and oxygen atoms in total. The number of piperazine rings is 1. The number of amides is 2. The summed E-state index contributed by atoms with van der Waals surface area (Å²) in [6, 6.07) is 13.1. The fraction of sp³-hybridized carbons (Fsp3) is 0.368. The van der Waals surface area contributed by atoms with Crippen molar-refractivity contribution in [1.29, 1.82) is 0 Å². The minimum absolute atomic E-state index is 0.0947. The molecule has 0 bridgehead atoms. The van der Waals surface area contributed by atoms with Crippen LogP contribution in [0.15, 0.2) is 42.5 Å². The third kappa shape index (κ3) is 3.82. The number of anilines is 2. The van der Waals surface area contributed by atoms with E-state index >= 15 is 0 Å². The molecule has 0 N–H and O–H groups in total. The van der Waals surface area contributed by atoms with Crippen LogP contribution in [0, 0.1) is 0 Å². The molecular weight excluding hydrogens is 330 g/mol. The molecule has 2 aromatic rings. The molecule has 1 fully saturated rings. The number of benzene rings is 1. The zero-order valence-electron chi connectivity index (χ0n) is 15.1. The first kappa shape index (κ1) is 17.8. The van der Waals surface area contributed by atoms with Gasteiger partial charge in [-0.2, -0.15) is 0 Å². The van der Waals surface area contributed by atoms with E-state index in [1.54, 1.807) is 17.9 Å². The molecule has 0 unspecified atom stereocenters. The summed E-state index contributed by atoms with van der Waals surface area (Å²) in [4.78, 5) is 29.7. The van der Waals surface area contributed by atoms with Gasteiger partial charge in [-0.05, 0) is 31.2 Å². The van der Waals surface area contributed by atoms with Gasteiger partial charge in [-0.25, -0.2) is 0 Å². The molecule has 3 rings (SSSR count). The van der Waals surface area contributed by atoms with Crippen LogP contribution >= 0.6 is 0 Å². The van der Waals surface area contributed by atoms with Crippen LogP contribution in [-0.2, 0) is 4.79 Å². The minimum atomic E-state index is -0.167. The Kier molecular flexibility index (Phi) is 5.46. The van der Waals surface area contributed by atoms with Gasteiger partial charge in [0.15, 0.2) is 11.5 Å². The maximum atomic E-state index is 12.7. The van der Waals surface area contributed by atoms with Crippen LogP contribution in [0.5, 0.6) is 0 Å². The van der Waals surface area contributed by atoms with Gasteiger partial charge in [0, 0.05) is 45.3 Å². The van der Waals surface area contributed by atoms with Crippen molar-refractivity contribution in [2.24, 2.45) is 0 Å². The second kappa shape index (κ2) is 7.95. The van der Waals surface area contributed by atoms with Crippen LogP contribution in [-0.4, -0.2) is 59.6 Å². The molecule has 7 heteroatoms. The van der Waals surface area contributed by atoms with E-state index in [2.05, 4.69) is 15.1 Å². The summed E-state index contributed by atoms with van der Waals surface area (Å²) in [5.74, 6) is 0.656. The second-order valence-electron chi connectivity index (χ2n) is 6.15. The third-order valence-corrected chi connectivity index (χ3v) is 4.55. The standard InChI is InChI=1S/C19H23N5O2/c1-3-24(16-7-5-4-6-8-16)19(26)17-9-10-18(21-20-17)23-13-11-22(12-14-23)15(2)25/h4-10H,3,11-14H2,1-2H3. The molecule has 0 radical (unpaired) electrons. The molecule has 0 atom stereocenters. The first-order chi connectivity index (χ1) is 12.6. The summed E-state index contributed by atoms with van der Waals surface area (Å²) < 4.78 is 0. The lowest BCUT2D eigenvalue weighted by Crippen LogP contribution is -2.48. The summed E-state index contributed by atoms with van der Waals surface area (Å²) in [7, 11) is 0. The third-order valence-electron chi connectivity index (χ3n) is 4.55. The van der Waals surface area contributed by atoms with Crippen molar-refractivity contribution < 1.29 is 9.59 Å². The zero-order chi connectivity index (χ0) is 18.5. The number of rotatable bonds is 4. The number of hydrogen-bond acceptors (Lipinski definition) is 5. The Morgan fingerprint density at radius 3 is 2.23 bits per heavy atom. The Balaban J connectivity index is 1.69. The van der Waals surface area contributed by atoms with Crippen LogP contribution in [0.25, 0.3) is 0 Å². The molecule has 136 valence electrons. The van der Waals surface area contributed by atoms with Crippen molar-refractivity contribution in [3.05, 3.63) is 48.2 Å². The molecule has 1 saturated heterocycles. The van der Waals surface area contributed by atoms with Gasteiger partial charge in [0.05, 0.1) is 0 Å². The number of para-hydroxylation sites is 1. The average Bonchev–Trinajstić information content (AvgIpc) is 2.69. The molecule has 0 saturated carbocycles. The number of carbonyl (C=O) groups excluding carboxylic acids is 2. The topological polar surface area (TPSA) is 69.6 Å². The fourth-order valence-corrected chi connectivity index (χ4v) is 3.05. The van der Waals surface area contributed by atoms with Gasteiger partial charge in [-0.1, -0.05) is 18.2 Å².